The van der Waals surface area contributed by atoms with Crippen molar-refractivity contribution in [1.29, 1.82) is 5.26 Å². The molecule has 6 nitrogen and oxygen atoms in total. The summed E-state index contributed by atoms with van der Waals surface area (Å²) in [6.07, 6.45) is 0. The minimum atomic E-state index is 0.0338. The van der Waals surface area contributed by atoms with Gasteiger partial charge in [0.2, 0.25) is 5.95 Å². The minimum absolute atomic E-state index is 0.0338. The molecule has 120 valence electrons. The van der Waals surface area contributed by atoms with Gasteiger partial charge in [0, 0.05) is 36.1 Å². The lowest BCUT2D eigenvalue weighted by Crippen LogP contribution is -2.27. The maximum absolute atomic E-state index is 9.25. The molecule has 0 saturated carbocycles. The van der Waals surface area contributed by atoms with E-state index in [9.17, 15) is 5.26 Å². The molecule has 1 heterocycles. The molecule has 0 bridgehead atoms. The smallest absolute Gasteiger partial charge is 0.222 e. The van der Waals surface area contributed by atoms with E-state index in [1.54, 1.807) is 0 Å². The number of anilines is 3. The zero-order valence-electron chi connectivity index (χ0n) is 12.3. The number of aromatic nitrogens is 2. The molecule has 8 heteroatoms. The molecule has 0 atom stereocenters. The van der Waals surface area contributed by atoms with Crippen LogP contribution >= 0.6 is 23.2 Å². The molecule has 4 N–H and O–H groups in total. The number of alkyl halides is 2. The van der Waals surface area contributed by atoms with Gasteiger partial charge in [-0.25, -0.2) is 4.98 Å². The van der Waals surface area contributed by atoms with Crippen molar-refractivity contribution in [1.82, 2.24) is 9.97 Å². The van der Waals surface area contributed by atoms with Gasteiger partial charge in [-0.2, -0.15) is 10.2 Å². The number of nitrogens with two attached hydrogens (primary N) is 2. The maximum atomic E-state index is 9.25. The number of nitrogen functional groups attached to an aromatic ring is 2. The molecule has 0 saturated heterocycles. The molecular formula is C15H16Cl2N6. The van der Waals surface area contributed by atoms with E-state index in [0.717, 1.165) is 11.3 Å². The van der Waals surface area contributed by atoms with Crippen molar-refractivity contribution in [2.75, 3.05) is 41.2 Å². The summed E-state index contributed by atoms with van der Waals surface area (Å²) in [4.78, 5) is 10.0. The van der Waals surface area contributed by atoms with Crippen LogP contribution in [-0.2, 0) is 0 Å². The second kappa shape index (κ2) is 7.86. The second-order valence-corrected chi connectivity index (χ2v) is 5.47. The van der Waals surface area contributed by atoms with Crippen molar-refractivity contribution >= 4 is 40.7 Å². The van der Waals surface area contributed by atoms with E-state index in [1.165, 1.54) is 0 Å². The summed E-state index contributed by atoms with van der Waals surface area (Å²) in [5.74, 6) is 1.13. The summed E-state index contributed by atoms with van der Waals surface area (Å²) in [5, 5.41) is 9.25. The standard InChI is InChI=1S/C15H16Cl2N6/c16-5-7-23(8-6-17)11-3-1-10(2-4-11)13-12(9-18)14(19)22-15(20)21-13/h1-4H,5-8H2,(H4,19,20,21,22). The molecule has 0 unspecified atom stereocenters. The lowest BCUT2D eigenvalue weighted by molar-refractivity contribution is 0.874. The average Bonchev–Trinajstić information content (AvgIpc) is 2.54. The third-order valence-electron chi connectivity index (χ3n) is 3.28. The number of benzene rings is 1. The highest BCUT2D eigenvalue weighted by atomic mass is 35.5. The number of nitrogens with zero attached hydrogens (tertiary/aromatic N) is 4. The first-order chi connectivity index (χ1) is 11.1. The van der Waals surface area contributed by atoms with Crippen LogP contribution in [0.25, 0.3) is 11.3 Å². The molecular weight excluding hydrogens is 335 g/mol. The van der Waals surface area contributed by atoms with Crippen LogP contribution in [0, 0.1) is 11.3 Å². The van der Waals surface area contributed by atoms with Crippen LogP contribution in [0.2, 0.25) is 0 Å². The Balaban J connectivity index is 2.39. The van der Waals surface area contributed by atoms with Crippen molar-refractivity contribution in [3.05, 3.63) is 29.8 Å². The fraction of sp³-hybridized carbons (Fsp3) is 0.267. The van der Waals surface area contributed by atoms with Crippen molar-refractivity contribution in [3.8, 4) is 17.3 Å². The van der Waals surface area contributed by atoms with Crippen LogP contribution in [0.3, 0.4) is 0 Å². The SMILES string of the molecule is N#Cc1c(N)nc(N)nc1-c1ccc(N(CCCl)CCCl)cc1. The first-order valence-electron chi connectivity index (χ1n) is 6.91. The molecule has 2 aromatic rings. The summed E-state index contributed by atoms with van der Waals surface area (Å²) < 4.78 is 0. The van der Waals surface area contributed by atoms with Gasteiger partial charge < -0.3 is 16.4 Å². The van der Waals surface area contributed by atoms with E-state index in [0.29, 0.717) is 30.5 Å². The number of hydrogen-bond acceptors (Lipinski definition) is 6. The largest absolute Gasteiger partial charge is 0.382 e. The van der Waals surface area contributed by atoms with Gasteiger partial charge in [0.25, 0.3) is 0 Å². The Morgan fingerprint density at radius 1 is 1.04 bits per heavy atom. The highest BCUT2D eigenvalue weighted by Gasteiger charge is 2.13. The van der Waals surface area contributed by atoms with Crippen LogP contribution < -0.4 is 16.4 Å². The molecule has 1 aromatic heterocycles. The topological polar surface area (TPSA) is 105 Å². The fourth-order valence-corrected chi connectivity index (χ4v) is 2.63. The van der Waals surface area contributed by atoms with Gasteiger partial charge in [0.15, 0.2) is 0 Å². The van der Waals surface area contributed by atoms with Crippen molar-refractivity contribution in [2.24, 2.45) is 0 Å². The van der Waals surface area contributed by atoms with E-state index in [2.05, 4.69) is 14.9 Å². The highest BCUT2D eigenvalue weighted by Crippen LogP contribution is 2.27. The van der Waals surface area contributed by atoms with E-state index < -0.39 is 0 Å². The Kier molecular flexibility index (Phi) is 5.85. The Morgan fingerprint density at radius 3 is 2.17 bits per heavy atom. The Hall–Kier alpha value is -2.23. The molecule has 2 rings (SSSR count). The van der Waals surface area contributed by atoms with Crippen LogP contribution in [0.15, 0.2) is 24.3 Å². The molecule has 0 spiro atoms. The quantitative estimate of drug-likeness (QED) is 0.775. The first kappa shape index (κ1) is 17.1. The molecule has 0 radical (unpaired) electrons. The van der Waals surface area contributed by atoms with Crippen LogP contribution in [-0.4, -0.2) is 34.8 Å². The maximum Gasteiger partial charge on any atom is 0.222 e. The molecule has 1 aromatic carbocycles. The summed E-state index contributed by atoms with van der Waals surface area (Å²) in [7, 11) is 0. The predicted molar refractivity (Wildman–Crippen MR) is 94.7 cm³/mol. The highest BCUT2D eigenvalue weighted by molar-refractivity contribution is 6.18. The van der Waals surface area contributed by atoms with E-state index in [-0.39, 0.29) is 17.3 Å². The fourth-order valence-electron chi connectivity index (χ4n) is 2.22. The Morgan fingerprint density at radius 2 is 1.65 bits per heavy atom. The molecule has 0 aliphatic heterocycles. The first-order valence-corrected chi connectivity index (χ1v) is 7.98. The monoisotopic (exact) mass is 350 g/mol. The third-order valence-corrected chi connectivity index (χ3v) is 3.62. The molecule has 0 fully saturated rings. The molecule has 0 aliphatic rings. The van der Waals surface area contributed by atoms with Gasteiger partial charge in [0.1, 0.15) is 17.5 Å². The number of nitriles is 1. The zero-order valence-corrected chi connectivity index (χ0v) is 13.8. The van der Waals surface area contributed by atoms with Gasteiger partial charge in [-0.15, -0.1) is 23.2 Å². The number of hydrogen-bond donors (Lipinski definition) is 2. The number of halogens is 2. The molecule has 0 aliphatic carbocycles. The van der Waals surface area contributed by atoms with E-state index in [4.69, 9.17) is 34.7 Å². The van der Waals surface area contributed by atoms with E-state index in [1.807, 2.05) is 30.3 Å². The van der Waals surface area contributed by atoms with Gasteiger partial charge in [0.05, 0.1) is 5.69 Å². The summed E-state index contributed by atoms with van der Waals surface area (Å²) in [6, 6.07) is 9.57. The third kappa shape index (κ3) is 3.95. The van der Waals surface area contributed by atoms with Gasteiger partial charge >= 0.3 is 0 Å². The van der Waals surface area contributed by atoms with Crippen molar-refractivity contribution in [2.45, 2.75) is 0 Å². The van der Waals surface area contributed by atoms with Crippen molar-refractivity contribution in [3.63, 3.8) is 0 Å². The van der Waals surface area contributed by atoms with Crippen LogP contribution in [0.1, 0.15) is 5.56 Å². The zero-order chi connectivity index (χ0) is 16.8. The Bertz CT molecular complexity index is 705. The van der Waals surface area contributed by atoms with Crippen LogP contribution in [0.4, 0.5) is 17.5 Å². The van der Waals surface area contributed by atoms with Crippen LogP contribution in [0.5, 0.6) is 0 Å². The van der Waals surface area contributed by atoms with Crippen molar-refractivity contribution < 1.29 is 0 Å². The Labute approximate surface area is 144 Å². The normalized spacial score (nSPS) is 10.3. The molecule has 23 heavy (non-hydrogen) atoms. The average molecular weight is 351 g/mol. The van der Waals surface area contributed by atoms with Gasteiger partial charge in [-0.05, 0) is 12.1 Å². The van der Waals surface area contributed by atoms with E-state index >= 15 is 0 Å². The second-order valence-electron chi connectivity index (χ2n) is 4.71. The van der Waals surface area contributed by atoms with Gasteiger partial charge in [-0.1, -0.05) is 12.1 Å². The van der Waals surface area contributed by atoms with Gasteiger partial charge in [-0.3, -0.25) is 0 Å². The predicted octanol–water partition coefficient (Wildman–Crippen LogP) is 2.46. The summed E-state index contributed by atoms with van der Waals surface area (Å²) in [5.41, 5.74) is 13.7. The molecule has 0 amide bonds. The minimum Gasteiger partial charge on any atom is -0.382 e. The lowest BCUT2D eigenvalue weighted by Gasteiger charge is -2.23. The summed E-state index contributed by atoms with van der Waals surface area (Å²) in [6.45, 7) is 1.40. The number of rotatable bonds is 6. The summed E-state index contributed by atoms with van der Waals surface area (Å²) >= 11 is 11.6. The lowest BCUT2D eigenvalue weighted by atomic mass is 10.1.